The monoisotopic (exact) mass is 568 g/mol. The molecule has 11 heteroatoms. The highest BCUT2D eigenvalue weighted by molar-refractivity contribution is 5.94. The first kappa shape index (κ1) is 33.4. The van der Waals surface area contributed by atoms with E-state index in [1.807, 2.05) is 36.4 Å². The molecule has 41 heavy (non-hydrogen) atoms. The Balaban J connectivity index is 2.19. The van der Waals surface area contributed by atoms with Gasteiger partial charge >= 0.3 is 5.97 Å². The molecule has 4 unspecified atom stereocenters. The van der Waals surface area contributed by atoms with Crippen LogP contribution in [0, 0.1) is 0 Å². The average Bonchev–Trinajstić information content (AvgIpc) is 2.97. The van der Waals surface area contributed by atoms with E-state index in [4.69, 9.17) is 17.2 Å². The van der Waals surface area contributed by atoms with Gasteiger partial charge in [-0.1, -0.05) is 67.1 Å². The first-order valence-electron chi connectivity index (χ1n) is 14.1. The molecule has 0 heterocycles. The molecule has 0 bridgehead atoms. The summed E-state index contributed by atoms with van der Waals surface area (Å²) in [4.78, 5) is 51.6. The molecule has 2 rings (SSSR count). The molecule has 0 spiro atoms. The highest BCUT2D eigenvalue weighted by Gasteiger charge is 2.30. The molecule has 0 fully saturated rings. The lowest BCUT2D eigenvalue weighted by Crippen LogP contribution is -2.57. The Kier molecular flexibility index (Phi) is 15.1. The molecule has 2 aromatic rings. The number of nitrogens with one attached hydrogen (secondary N) is 3. The number of carbonyl (C=O) groups is 4. The molecular weight excluding hydrogens is 524 g/mol. The van der Waals surface area contributed by atoms with Crippen molar-refractivity contribution in [1.29, 1.82) is 0 Å². The van der Waals surface area contributed by atoms with Gasteiger partial charge in [0.15, 0.2) is 0 Å². The van der Waals surface area contributed by atoms with Crippen LogP contribution in [0.1, 0.15) is 49.7 Å². The van der Waals surface area contributed by atoms with Gasteiger partial charge in [-0.15, -0.1) is 0 Å². The molecule has 224 valence electrons. The summed E-state index contributed by atoms with van der Waals surface area (Å²) in [5, 5.41) is 17.8. The van der Waals surface area contributed by atoms with Crippen LogP contribution < -0.4 is 33.2 Å². The maximum absolute atomic E-state index is 13.5. The zero-order valence-electron chi connectivity index (χ0n) is 23.5. The van der Waals surface area contributed by atoms with Gasteiger partial charge in [0.2, 0.25) is 17.7 Å². The predicted octanol–water partition coefficient (Wildman–Crippen LogP) is 0.596. The zero-order chi connectivity index (χ0) is 30.0. The van der Waals surface area contributed by atoms with Crippen molar-refractivity contribution in [2.45, 2.75) is 75.5 Å². The van der Waals surface area contributed by atoms with Gasteiger partial charge in [-0.2, -0.15) is 0 Å². The number of hydrogen-bond acceptors (Lipinski definition) is 7. The number of aliphatic carboxylic acids is 1. The van der Waals surface area contributed by atoms with Crippen molar-refractivity contribution in [3.63, 3.8) is 0 Å². The van der Waals surface area contributed by atoms with E-state index in [1.54, 1.807) is 24.3 Å². The van der Waals surface area contributed by atoms with Gasteiger partial charge in [-0.25, -0.2) is 4.79 Å². The lowest BCUT2D eigenvalue weighted by Gasteiger charge is -2.25. The quantitative estimate of drug-likeness (QED) is 0.119. The van der Waals surface area contributed by atoms with E-state index >= 15 is 0 Å². The molecule has 11 nitrogen and oxygen atoms in total. The molecule has 3 amide bonds. The molecule has 0 radical (unpaired) electrons. The van der Waals surface area contributed by atoms with E-state index in [0.29, 0.717) is 38.8 Å². The van der Waals surface area contributed by atoms with Gasteiger partial charge in [0.05, 0.1) is 6.04 Å². The number of benzene rings is 2. The highest BCUT2D eigenvalue weighted by atomic mass is 16.4. The lowest BCUT2D eigenvalue weighted by molar-refractivity contribution is -0.142. The second-order valence-electron chi connectivity index (χ2n) is 10.1. The topological polar surface area (TPSA) is 203 Å². The van der Waals surface area contributed by atoms with Crippen LogP contribution >= 0.6 is 0 Å². The van der Waals surface area contributed by atoms with Crippen LogP contribution in [-0.4, -0.2) is 66.1 Å². The maximum atomic E-state index is 13.5. The summed E-state index contributed by atoms with van der Waals surface area (Å²) in [6.07, 6.45) is 3.49. The summed E-state index contributed by atoms with van der Waals surface area (Å²) in [5.41, 5.74) is 18.8. The van der Waals surface area contributed by atoms with Crippen molar-refractivity contribution in [3.8, 4) is 0 Å². The van der Waals surface area contributed by atoms with Crippen molar-refractivity contribution < 1.29 is 24.3 Å². The molecule has 0 aliphatic heterocycles. The Hall–Kier alpha value is -3.80. The van der Waals surface area contributed by atoms with Crippen molar-refractivity contribution in [3.05, 3.63) is 71.8 Å². The third kappa shape index (κ3) is 12.5. The Morgan fingerprint density at radius 2 is 1.05 bits per heavy atom. The van der Waals surface area contributed by atoms with Crippen molar-refractivity contribution >= 4 is 23.7 Å². The zero-order valence-corrected chi connectivity index (χ0v) is 23.5. The molecule has 0 aliphatic carbocycles. The van der Waals surface area contributed by atoms with E-state index in [1.165, 1.54) is 0 Å². The van der Waals surface area contributed by atoms with Crippen molar-refractivity contribution in [2.24, 2.45) is 17.2 Å². The normalized spacial score (nSPS) is 13.8. The van der Waals surface area contributed by atoms with Crippen LogP contribution in [0.2, 0.25) is 0 Å². The molecule has 0 aliphatic rings. The van der Waals surface area contributed by atoms with E-state index < -0.39 is 47.9 Å². The fraction of sp³-hybridized carbons (Fsp3) is 0.467. The van der Waals surface area contributed by atoms with Gasteiger partial charge in [0.25, 0.3) is 0 Å². The summed E-state index contributed by atoms with van der Waals surface area (Å²) in [6.45, 7) is 0.901. The molecular formula is C30H44N6O5. The van der Waals surface area contributed by atoms with Gasteiger partial charge < -0.3 is 38.3 Å². The first-order chi connectivity index (χ1) is 19.7. The summed E-state index contributed by atoms with van der Waals surface area (Å²) < 4.78 is 0. The van der Waals surface area contributed by atoms with E-state index in [2.05, 4.69) is 16.0 Å². The largest absolute Gasteiger partial charge is 0.480 e. The Labute approximate surface area is 241 Å². The van der Waals surface area contributed by atoms with Crippen LogP contribution in [0.25, 0.3) is 0 Å². The van der Waals surface area contributed by atoms with Crippen molar-refractivity contribution in [1.82, 2.24) is 16.0 Å². The number of rotatable bonds is 19. The summed E-state index contributed by atoms with van der Waals surface area (Å²) in [6, 6.07) is 14.1. The number of carboxylic acid groups (broad SMARTS) is 1. The first-order valence-corrected chi connectivity index (χ1v) is 14.1. The van der Waals surface area contributed by atoms with Crippen LogP contribution in [0.4, 0.5) is 0 Å². The maximum Gasteiger partial charge on any atom is 0.326 e. The SMILES string of the molecule is NCCCCC(N)C(=O)NC(Cc1ccccc1)C(=O)NC(CCCCN)C(=O)NC(Cc1ccccc1)C(=O)O. The number of carboxylic acids is 1. The standard InChI is InChI=1S/C30H44N6O5/c31-17-9-7-15-23(33)27(37)35-25(19-21-11-3-1-4-12-21)29(39)34-24(16-8-10-18-32)28(38)36-26(30(40)41)20-22-13-5-2-6-14-22/h1-6,11-14,23-26H,7-10,15-20,31-33H2,(H,34,39)(H,35,37)(H,36,38)(H,40,41). The van der Waals surface area contributed by atoms with Crippen LogP contribution in [0.15, 0.2) is 60.7 Å². The van der Waals surface area contributed by atoms with Crippen LogP contribution in [0.5, 0.6) is 0 Å². The molecule has 4 atom stereocenters. The van der Waals surface area contributed by atoms with Gasteiger partial charge in [0.1, 0.15) is 18.1 Å². The van der Waals surface area contributed by atoms with E-state index in [-0.39, 0.29) is 19.3 Å². The average molecular weight is 569 g/mol. The number of unbranched alkanes of at least 4 members (excludes halogenated alkanes) is 2. The van der Waals surface area contributed by atoms with Gasteiger partial charge in [-0.05, 0) is 56.3 Å². The fourth-order valence-electron chi connectivity index (χ4n) is 4.33. The van der Waals surface area contributed by atoms with Gasteiger partial charge in [0, 0.05) is 12.8 Å². The molecule has 0 saturated heterocycles. The minimum Gasteiger partial charge on any atom is -0.480 e. The highest BCUT2D eigenvalue weighted by Crippen LogP contribution is 2.09. The Morgan fingerprint density at radius 3 is 1.56 bits per heavy atom. The number of amides is 3. The Bertz CT molecular complexity index is 1090. The molecule has 2 aromatic carbocycles. The minimum absolute atomic E-state index is 0.0834. The van der Waals surface area contributed by atoms with Crippen LogP contribution in [0.3, 0.4) is 0 Å². The van der Waals surface area contributed by atoms with Crippen molar-refractivity contribution in [2.75, 3.05) is 13.1 Å². The number of carbonyl (C=O) groups excluding carboxylic acids is 3. The van der Waals surface area contributed by atoms with E-state index in [9.17, 15) is 24.3 Å². The minimum atomic E-state index is -1.19. The number of nitrogens with two attached hydrogens (primary N) is 3. The fourth-order valence-corrected chi connectivity index (χ4v) is 4.33. The predicted molar refractivity (Wildman–Crippen MR) is 158 cm³/mol. The second kappa shape index (κ2) is 18.5. The van der Waals surface area contributed by atoms with Gasteiger partial charge in [-0.3, -0.25) is 14.4 Å². The third-order valence-corrected chi connectivity index (χ3v) is 6.70. The number of hydrogen-bond donors (Lipinski definition) is 7. The summed E-state index contributed by atoms with van der Waals surface area (Å²) in [7, 11) is 0. The Morgan fingerprint density at radius 1 is 0.610 bits per heavy atom. The third-order valence-electron chi connectivity index (χ3n) is 6.70. The van der Waals surface area contributed by atoms with Crippen LogP contribution in [-0.2, 0) is 32.0 Å². The molecule has 10 N–H and O–H groups in total. The molecule has 0 saturated carbocycles. The summed E-state index contributed by atoms with van der Waals surface area (Å²) in [5.74, 6) is -2.86. The van der Waals surface area contributed by atoms with E-state index in [0.717, 1.165) is 17.5 Å². The smallest absolute Gasteiger partial charge is 0.326 e. The lowest BCUT2D eigenvalue weighted by atomic mass is 10.0. The molecule has 0 aromatic heterocycles. The summed E-state index contributed by atoms with van der Waals surface area (Å²) >= 11 is 0. The second-order valence-corrected chi connectivity index (χ2v) is 10.1.